The van der Waals surface area contributed by atoms with Crippen molar-refractivity contribution in [1.82, 2.24) is 10.2 Å². The largest absolute Gasteiger partial charge is 0.481 e. The first-order valence-electron chi connectivity index (χ1n) is 6.86. The van der Waals surface area contributed by atoms with Crippen LogP contribution in [0.3, 0.4) is 0 Å². The topological polar surface area (TPSA) is 41.6 Å². The maximum Gasteiger partial charge on any atom is 0.263 e. The van der Waals surface area contributed by atoms with Crippen LogP contribution >= 0.6 is 12.4 Å². The zero-order chi connectivity index (χ0) is 13.7. The Kier molecular flexibility index (Phi) is 6.82. The molecule has 1 aromatic carbocycles. The molecule has 5 heteroatoms. The number of rotatable bonds is 5. The number of likely N-dealkylation sites (tertiary alicyclic amines) is 1. The average Bonchev–Trinajstić information content (AvgIpc) is 2.88. The number of para-hydroxylation sites is 1. The molecule has 2 atom stereocenters. The Balaban J connectivity index is 0.00000200. The maximum absolute atomic E-state index is 12.3. The highest BCUT2D eigenvalue weighted by Crippen LogP contribution is 2.18. The Bertz CT molecular complexity index is 414. The van der Waals surface area contributed by atoms with Crippen LogP contribution in [0.25, 0.3) is 0 Å². The van der Waals surface area contributed by atoms with E-state index in [9.17, 15) is 4.79 Å². The Morgan fingerprint density at radius 2 is 2.15 bits per heavy atom. The summed E-state index contributed by atoms with van der Waals surface area (Å²) in [4.78, 5) is 14.2. The molecule has 2 rings (SSSR count). The van der Waals surface area contributed by atoms with Gasteiger partial charge in [0.05, 0.1) is 0 Å². The summed E-state index contributed by atoms with van der Waals surface area (Å²) in [5.41, 5.74) is 0. The fourth-order valence-corrected chi connectivity index (χ4v) is 2.50. The molecule has 1 amide bonds. The summed E-state index contributed by atoms with van der Waals surface area (Å²) >= 11 is 0. The molecule has 0 saturated carbocycles. The predicted molar refractivity (Wildman–Crippen MR) is 82.4 cm³/mol. The highest BCUT2D eigenvalue weighted by molar-refractivity contribution is 5.85. The van der Waals surface area contributed by atoms with Crippen molar-refractivity contribution in [2.75, 3.05) is 26.7 Å². The van der Waals surface area contributed by atoms with Gasteiger partial charge < -0.3 is 15.0 Å². The van der Waals surface area contributed by atoms with E-state index < -0.39 is 6.10 Å². The van der Waals surface area contributed by atoms with Crippen LogP contribution in [0.1, 0.15) is 13.3 Å². The highest BCUT2D eigenvalue weighted by Gasteiger charge is 2.29. The number of halogens is 1. The molecule has 0 bridgehead atoms. The second-order valence-electron chi connectivity index (χ2n) is 5.07. The predicted octanol–water partition coefficient (Wildman–Crippen LogP) is 1.94. The van der Waals surface area contributed by atoms with Crippen LogP contribution in [0.4, 0.5) is 0 Å². The lowest BCUT2D eigenvalue weighted by molar-refractivity contribution is -0.137. The first-order chi connectivity index (χ1) is 9.20. The summed E-state index contributed by atoms with van der Waals surface area (Å²) in [5, 5.41) is 3.17. The van der Waals surface area contributed by atoms with Crippen LogP contribution in [0.5, 0.6) is 5.75 Å². The van der Waals surface area contributed by atoms with Crippen LogP contribution in [-0.4, -0.2) is 43.6 Å². The molecule has 0 aliphatic carbocycles. The van der Waals surface area contributed by atoms with Gasteiger partial charge in [0, 0.05) is 13.1 Å². The first kappa shape index (κ1) is 16.8. The van der Waals surface area contributed by atoms with Gasteiger partial charge in [-0.3, -0.25) is 4.79 Å². The number of carbonyl (C=O) groups is 1. The van der Waals surface area contributed by atoms with Crippen LogP contribution in [-0.2, 0) is 4.79 Å². The number of hydrogen-bond acceptors (Lipinski definition) is 3. The van der Waals surface area contributed by atoms with Crippen molar-refractivity contribution in [2.24, 2.45) is 5.92 Å². The van der Waals surface area contributed by atoms with Gasteiger partial charge in [-0.2, -0.15) is 0 Å². The lowest BCUT2D eigenvalue weighted by atomic mass is 10.1. The van der Waals surface area contributed by atoms with E-state index in [0.717, 1.165) is 31.8 Å². The second-order valence-corrected chi connectivity index (χ2v) is 5.07. The molecule has 0 radical (unpaired) electrons. The standard InChI is InChI=1S/C15H22N2O2.ClH/c1-12(19-14-6-4-3-5-7-14)15(18)17-9-8-13(11-17)10-16-2;/h3-7,12-13,16H,8-11H2,1-2H3;1H. The van der Waals surface area contributed by atoms with Gasteiger partial charge in [0.2, 0.25) is 0 Å². The zero-order valence-corrected chi connectivity index (χ0v) is 12.9. The monoisotopic (exact) mass is 298 g/mol. The quantitative estimate of drug-likeness (QED) is 0.903. The van der Waals surface area contributed by atoms with Crippen molar-refractivity contribution in [2.45, 2.75) is 19.4 Å². The Morgan fingerprint density at radius 1 is 1.45 bits per heavy atom. The number of hydrogen-bond donors (Lipinski definition) is 1. The van der Waals surface area contributed by atoms with Crippen LogP contribution in [0.15, 0.2) is 30.3 Å². The molecule has 2 unspecified atom stereocenters. The number of nitrogens with one attached hydrogen (secondary N) is 1. The van der Waals surface area contributed by atoms with E-state index in [0.29, 0.717) is 5.92 Å². The number of ether oxygens (including phenoxy) is 1. The summed E-state index contributed by atoms with van der Waals surface area (Å²) < 4.78 is 5.68. The van der Waals surface area contributed by atoms with Crippen molar-refractivity contribution < 1.29 is 9.53 Å². The molecule has 1 aliphatic heterocycles. The molecule has 0 spiro atoms. The van der Waals surface area contributed by atoms with E-state index in [1.807, 2.05) is 49.2 Å². The van der Waals surface area contributed by atoms with E-state index in [1.165, 1.54) is 0 Å². The van der Waals surface area contributed by atoms with Gasteiger partial charge in [0.1, 0.15) is 5.75 Å². The molecular formula is C15H23ClN2O2. The molecule has 1 fully saturated rings. The maximum atomic E-state index is 12.3. The molecule has 112 valence electrons. The molecule has 0 aromatic heterocycles. The van der Waals surface area contributed by atoms with Crippen LogP contribution in [0, 0.1) is 5.92 Å². The second kappa shape index (κ2) is 8.12. The van der Waals surface area contributed by atoms with Crippen molar-refractivity contribution in [3.05, 3.63) is 30.3 Å². The lowest BCUT2D eigenvalue weighted by Crippen LogP contribution is -2.39. The summed E-state index contributed by atoms with van der Waals surface area (Å²) in [6.07, 6.45) is 0.653. The fraction of sp³-hybridized carbons (Fsp3) is 0.533. The van der Waals surface area contributed by atoms with Gasteiger partial charge in [-0.25, -0.2) is 0 Å². The number of amides is 1. The van der Waals surface area contributed by atoms with Crippen LogP contribution in [0.2, 0.25) is 0 Å². The SMILES string of the molecule is CNCC1CCN(C(=O)C(C)Oc2ccccc2)C1.Cl. The van der Waals surface area contributed by atoms with Gasteiger partial charge in [-0.05, 0) is 45.0 Å². The highest BCUT2D eigenvalue weighted by atomic mass is 35.5. The number of benzene rings is 1. The van der Waals surface area contributed by atoms with Crippen molar-refractivity contribution >= 4 is 18.3 Å². The molecule has 1 aromatic rings. The van der Waals surface area contributed by atoms with Crippen molar-refractivity contribution in [1.29, 1.82) is 0 Å². The van der Waals surface area contributed by atoms with E-state index >= 15 is 0 Å². The minimum Gasteiger partial charge on any atom is -0.481 e. The third-order valence-electron chi connectivity index (χ3n) is 3.49. The van der Waals surface area contributed by atoms with E-state index in [-0.39, 0.29) is 18.3 Å². The minimum absolute atomic E-state index is 0. The van der Waals surface area contributed by atoms with Gasteiger partial charge in [0.15, 0.2) is 6.10 Å². The molecule has 4 nitrogen and oxygen atoms in total. The fourth-order valence-electron chi connectivity index (χ4n) is 2.50. The zero-order valence-electron chi connectivity index (χ0n) is 12.0. The average molecular weight is 299 g/mol. The van der Waals surface area contributed by atoms with Crippen molar-refractivity contribution in [3.8, 4) is 5.75 Å². The summed E-state index contributed by atoms with van der Waals surface area (Å²) in [6, 6.07) is 9.49. The normalized spacial score (nSPS) is 19.3. The minimum atomic E-state index is -0.421. The Morgan fingerprint density at radius 3 is 2.80 bits per heavy atom. The van der Waals surface area contributed by atoms with E-state index in [4.69, 9.17) is 4.74 Å². The molecule has 1 heterocycles. The van der Waals surface area contributed by atoms with Gasteiger partial charge in [-0.15, -0.1) is 12.4 Å². The molecule has 1 N–H and O–H groups in total. The molecule has 1 aliphatic rings. The van der Waals surface area contributed by atoms with Crippen LogP contribution < -0.4 is 10.1 Å². The van der Waals surface area contributed by atoms with Gasteiger partial charge in [0.25, 0.3) is 5.91 Å². The van der Waals surface area contributed by atoms with Crippen molar-refractivity contribution in [3.63, 3.8) is 0 Å². The molecule has 20 heavy (non-hydrogen) atoms. The Labute approximate surface area is 126 Å². The van der Waals surface area contributed by atoms with Gasteiger partial charge >= 0.3 is 0 Å². The smallest absolute Gasteiger partial charge is 0.263 e. The molecule has 1 saturated heterocycles. The van der Waals surface area contributed by atoms with Gasteiger partial charge in [-0.1, -0.05) is 18.2 Å². The third kappa shape index (κ3) is 4.39. The lowest BCUT2D eigenvalue weighted by Gasteiger charge is -2.21. The third-order valence-corrected chi connectivity index (χ3v) is 3.49. The Hall–Kier alpha value is -1.26. The molecular weight excluding hydrogens is 276 g/mol. The summed E-state index contributed by atoms with van der Waals surface area (Å²) in [5.74, 6) is 1.40. The first-order valence-corrected chi connectivity index (χ1v) is 6.86. The van der Waals surface area contributed by atoms with E-state index in [1.54, 1.807) is 0 Å². The summed E-state index contributed by atoms with van der Waals surface area (Å²) in [6.45, 7) is 4.47. The number of nitrogens with zero attached hydrogens (tertiary/aromatic N) is 1. The van der Waals surface area contributed by atoms with E-state index in [2.05, 4.69) is 5.32 Å². The number of carbonyl (C=O) groups excluding carboxylic acids is 1. The summed E-state index contributed by atoms with van der Waals surface area (Å²) in [7, 11) is 1.95.